The lowest BCUT2D eigenvalue weighted by Gasteiger charge is -2.26. The van der Waals surface area contributed by atoms with Crippen molar-refractivity contribution < 1.29 is 14.2 Å². The van der Waals surface area contributed by atoms with Gasteiger partial charge in [-0.15, -0.1) is 5.10 Å². The average Bonchev–Trinajstić information content (AvgIpc) is 3.70. The molecule has 15 heteroatoms. The van der Waals surface area contributed by atoms with Gasteiger partial charge in [-0.25, -0.2) is 10.1 Å². The Labute approximate surface area is 227 Å². The summed E-state index contributed by atoms with van der Waals surface area (Å²) in [4.78, 5) is 19.8. The number of piperidine rings is 1. The molecule has 0 bridgehead atoms. The van der Waals surface area contributed by atoms with Gasteiger partial charge in [0.1, 0.15) is 10.1 Å². The molecular formula is C23H28N10O3S2. The number of aliphatic imine (C=N–C) groups is 1. The van der Waals surface area contributed by atoms with Crippen molar-refractivity contribution >= 4 is 45.8 Å². The highest BCUT2D eigenvalue weighted by molar-refractivity contribution is 8.38. The molecule has 0 atom stereocenters. The molecule has 0 saturated carbocycles. The van der Waals surface area contributed by atoms with Crippen molar-refractivity contribution in [1.82, 2.24) is 35.6 Å². The first-order valence-corrected chi connectivity index (χ1v) is 14.1. The molecule has 3 aromatic rings. The lowest BCUT2D eigenvalue weighted by molar-refractivity contribution is 0.0947. The van der Waals surface area contributed by atoms with Gasteiger partial charge in [-0.1, -0.05) is 35.2 Å². The quantitative estimate of drug-likeness (QED) is 0.294. The van der Waals surface area contributed by atoms with Crippen molar-refractivity contribution in [3.8, 4) is 11.6 Å². The molecule has 38 heavy (non-hydrogen) atoms. The summed E-state index contributed by atoms with van der Waals surface area (Å²) in [6.45, 7) is 3.16. The molecule has 1 saturated heterocycles. The number of nitrogens with two attached hydrogens (primary N) is 1. The smallest absolute Gasteiger partial charge is 0.293 e. The first-order chi connectivity index (χ1) is 18.6. The van der Waals surface area contributed by atoms with Crippen LogP contribution in [0.25, 0.3) is 5.82 Å². The van der Waals surface area contributed by atoms with Crippen LogP contribution in [-0.2, 0) is 12.3 Å². The number of thioether (sulfide) groups is 2. The van der Waals surface area contributed by atoms with E-state index in [1.54, 1.807) is 36.8 Å². The number of ether oxygens (including phenoxy) is 1. The number of carbonyl (C=O) groups is 1. The Morgan fingerprint density at radius 1 is 1.32 bits per heavy atom. The van der Waals surface area contributed by atoms with Crippen LogP contribution in [0.4, 0.5) is 5.82 Å². The molecule has 3 N–H and O–H groups in total. The second-order valence-corrected chi connectivity index (χ2v) is 11.0. The monoisotopic (exact) mass is 556 g/mol. The van der Waals surface area contributed by atoms with Crippen molar-refractivity contribution in [2.75, 3.05) is 38.2 Å². The number of amides is 1. The minimum absolute atomic E-state index is 0.0619. The molecule has 4 heterocycles. The Bertz CT molecular complexity index is 1330. The molecule has 5 rings (SSSR count). The van der Waals surface area contributed by atoms with Gasteiger partial charge in [0.25, 0.3) is 5.91 Å². The molecule has 1 amide bonds. The highest BCUT2D eigenvalue weighted by Crippen LogP contribution is 2.29. The van der Waals surface area contributed by atoms with Gasteiger partial charge in [0.15, 0.2) is 5.69 Å². The SMILES string of the molecule is COc1ccc(/C=N\NC(=O)c2nnn(-c3nonc3N)c2CN2CCCCC2)cc1CSC1=NCCS1. The molecule has 2 aromatic heterocycles. The van der Waals surface area contributed by atoms with Crippen molar-refractivity contribution in [2.24, 2.45) is 10.1 Å². The molecule has 1 aromatic carbocycles. The van der Waals surface area contributed by atoms with E-state index in [-0.39, 0.29) is 17.3 Å². The third-order valence-electron chi connectivity index (χ3n) is 6.09. The third kappa shape index (κ3) is 6.16. The van der Waals surface area contributed by atoms with Gasteiger partial charge in [0, 0.05) is 23.6 Å². The highest BCUT2D eigenvalue weighted by Gasteiger charge is 2.26. The fraction of sp³-hybridized carbons (Fsp3) is 0.435. The number of rotatable bonds is 9. The van der Waals surface area contributed by atoms with Crippen LogP contribution in [0.2, 0.25) is 0 Å². The first kappa shape index (κ1) is 26.2. The third-order valence-corrected chi connectivity index (χ3v) is 8.39. The highest BCUT2D eigenvalue weighted by atomic mass is 32.2. The fourth-order valence-corrected chi connectivity index (χ4v) is 6.20. The van der Waals surface area contributed by atoms with E-state index >= 15 is 0 Å². The Morgan fingerprint density at radius 2 is 2.18 bits per heavy atom. The number of hydrogen-bond acceptors (Lipinski definition) is 13. The van der Waals surface area contributed by atoms with Crippen LogP contribution in [0.5, 0.6) is 5.75 Å². The minimum Gasteiger partial charge on any atom is -0.496 e. The predicted molar refractivity (Wildman–Crippen MR) is 147 cm³/mol. The predicted octanol–water partition coefficient (Wildman–Crippen LogP) is 2.33. The topological polar surface area (TPSA) is 162 Å². The van der Waals surface area contributed by atoms with Crippen molar-refractivity contribution in [3.63, 3.8) is 0 Å². The summed E-state index contributed by atoms with van der Waals surface area (Å²) in [6.07, 6.45) is 4.96. The van der Waals surface area contributed by atoms with Crippen LogP contribution in [-0.4, -0.2) is 79.2 Å². The van der Waals surface area contributed by atoms with E-state index in [0.717, 1.165) is 65.2 Å². The zero-order valence-corrected chi connectivity index (χ0v) is 22.5. The zero-order chi connectivity index (χ0) is 26.3. The number of anilines is 1. The molecule has 0 unspecified atom stereocenters. The maximum atomic E-state index is 13.1. The van der Waals surface area contributed by atoms with Gasteiger partial charge < -0.3 is 10.5 Å². The fourth-order valence-electron chi connectivity index (χ4n) is 4.21. The van der Waals surface area contributed by atoms with Crippen LogP contribution in [0, 0.1) is 0 Å². The number of methoxy groups -OCH3 is 1. The van der Waals surface area contributed by atoms with E-state index < -0.39 is 5.91 Å². The second-order valence-electron chi connectivity index (χ2n) is 8.66. The number of nitrogen functional groups attached to an aromatic ring is 1. The molecule has 0 aliphatic carbocycles. The number of hydrazone groups is 1. The molecule has 2 aliphatic rings. The molecular weight excluding hydrogens is 528 g/mol. The van der Waals surface area contributed by atoms with Gasteiger partial charge >= 0.3 is 0 Å². The minimum atomic E-state index is -0.491. The molecule has 1 fully saturated rings. The second kappa shape index (κ2) is 12.4. The Morgan fingerprint density at radius 3 is 2.92 bits per heavy atom. The first-order valence-electron chi connectivity index (χ1n) is 12.2. The lowest BCUT2D eigenvalue weighted by atomic mass is 10.1. The zero-order valence-electron chi connectivity index (χ0n) is 20.9. The van der Waals surface area contributed by atoms with Gasteiger partial charge in [0.05, 0.1) is 25.6 Å². The molecule has 0 radical (unpaired) electrons. The summed E-state index contributed by atoms with van der Waals surface area (Å²) < 4.78 is 12.7. The maximum Gasteiger partial charge on any atom is 0.293 e. The molecule has 2 aliphatic heterocycles. The molecule has 13 nitrogen and oxygen atoms in total. The van der Waals surface area contributed by atoms with Crippen molar-refractivity contribution in [3.05, 3.63) is 40.7 Å². The number of nitrogens with zero attached hydrogens (tertiary/aromatic N) is 8. The van der Waals surface area contributed by atoms with E-state index in [4.69, 9.17) is 15.1 Å². The van der Waals surface area contributed by atoms with E-state index in [2.05, 4.69) is 41.0 Å². The van der Waals surface area contributed by atoms with E-state index in [1.807, 2.05) is 18.2 Å². The number of aromatic nitrogens is 5. The molecule has 0 spiro atoms. The maximum absolute atomic E-state index is 13.1. The van der Waals surface area contributed by atoms with E-state index in [0.29, 0.717) is 12.2 Å². The standard InChI is InChI=1S/C23H28N10O3S2/c1-35-18-6-5-15(11-16(18)14-38-23-25-7-10-37-23)12-26-28-22(34)19-17(13-32-8-3-2-4-9-32)33(31-27-19)21-20(24)29-36-30-21/h5-6,11-12H,2-4,7-10,13-14H2,1H3,(H2,24,29)(H,28,34)/b26-12-. The largest absolute Gasteiger partial charge is 0.496 e. The van der Waals surface area contributed by atoms with E-state index in [1.165, 1.54) is 11.1 Å². The Kier molecular flexibility index (Phi) is 8.55. The lowest BCUT2D eigenvalue weighted by Crippen LogP contribution is -2.31. The van der Waals surface area contributed by atoms with E-state index in [9.17, 15) is 4.79 Å². The van der Waals surface area contributed by atoms with Crippen molar-refractivity contribution in [2.45, 2.75) is 31.6 Å². The van der Waals surface area contributed by atoms with Crippen LogP contribution in [0.15, 0.2) is 32.9 Å². The summed E-state index contributed by atoms with van der Waals surface area (Å²) in [6, 6.07) is 5.75. The summed E-state index contributed by atoms with van der Waals surface area (Å²) in [5.74, 6) is 2.32. The average molecular weight is 557 g/mol. The van der Waals surface area contributed by atoms with Crippen LogP contribution in [0.1, 0.15) is 46.6 Å². The van der Waals surface area contributed by atoms with Crippen LogP contribution < -0.4 is 15.9 Å². The number of likely N-dealkylation sites (tertiary alicyclic amines) is 1. The summed E-state index contributed by atoms with van der Waals surface area (Å²) >= 11 is 3.46. The normalized spacial score (nSPS) is 16.2. The summed E-state index contributed by atoms with van der Waals surface area (Å²) in [5.41, 5.74) is 11.0. The van der Waals surface area contributed by atoms with Gasteiger partial charge in [-0.3, -0.25) is 14.7 Å². The number of hydrogen-bond donors (Lipinski definition) is 2. The van der Waals surface area contributed by atoms with Gasteiger partial charge in [0.2, 0.25) is 11.6 Å². The van der Waals surface area contributed by atoms with Crippen LogP contribution >= 0.6 is 23.5 Å². The Balaban J connectivity index is 1.30. The Hall–Kier alpha value is -3.43. The molecule has 200 valence electrons. The summed E-state index contributed by atoms with van der Waals surface area (Å²) in [7, 11) is 1.65. The number of nitrogens with one attached hydrogen (secondary N) is 1. The van der Waals surface area contributed by atoms with Gasteiger partial charge in [-0.2, -0.15) is 9.78 Å². The van der Waals surface area contributed by atoms with Crippen LogP contribution in [0.3, 0.4) is 0 Å². The number of carbonyl (C=O) groups excluding carboxylic acids is 1. The van der Waals surface area contributed by atoms with Gasteiger partial charge in [-0.05, 0) is 60.0 Å². The number of benzene rings is 1. The van der Waals surface area contributed by atoms with Crippen molar-refractivity contribution in [1.29, 1.82) is 0 Å². The summed E-state index contributed by atoms with van der Waals surface area (Å²) in [5, 5.41) is 19.8.